The quantitative estimate of drug-likeness (QED) is 0.862. The van der Waals surface area contributed by atoms with E-state index in [1.165, 1.54) is 0 Å². The molecule has 1 aliphatic heterocycles. The van der Waals surface area contributed by atoms with Crippen LogP contribution in [-0.2, 0) is 9.59 Å². The molecule has 0 radical (unpaired) electrons. The number of piperidine rings is 1. The molecule has 1 aromatic rings. The molecule has 2 rings (SSSR count). The molecule has 0 spiro atoms. The topological polar surface area (TPSA) is 67.9 Å². The van der Waals surface area contributed by atoms with Gasteiger partial charge < -0.3 is 19.7 Å². The Balaban J connectivity index is 1.78. The fourth-order valence-electron chi connectivity index (χ4n) is 2.61. The van der Waals surface area contributed by atoms with Gasteiger partial charge in [-0.1, -0.05) is 26.0 Å². The average Bonchev–Trinajstić information content (AvgIpc) is 2.60. The number of carbonyl (C=O) groups excluding carboxylic acids is 2. The smallest absolute Gasteiger partial charge is 0.260 e. The summed E-state index contributed by atoms with van der Waals surface area (Å²) in [6.45, 7) is 5.02. The second kappa shape index (κ2) is 8.57. The lowest BCUT2D eigenvalue weighted by atomic mass is 10.0. The van der Waals surface area contributed by atoms with Gasteiger partial charge in [0.05, 0.1) is 7.11 Å². The van der Waals surface area contributed by atoms with Crippen molar-refractivity contribution in [2.24, 2.45) is 5.92 Å². The second-order valence-electron chi connectivity index (χ2n) is 6.26. The van der Waals surface area contributed by atoms with Crippen molar-refractivity contribution in [2.45, 2.75) is 32.7 Å². The van der Waals surface area contributed by atoms with Crippen molar-refractivity contribution in [2.75, 3.05) is 26.8 Å². The zero-order valence-electron chi connectivity index (χ0n) is 14.6. The van der Waals surface area contributed by atoms with Gasteiger partial charge in [-0.15, -0.1) is 0 Å². The molecule has 6 nitrogen and oxygen atoms in total. The summed E-state index contributed by atoms with van der Waals surface area (Å²) in [6, 6.07) is 7.41. The third-order valence-corrected chi connectivity index (χ3v) is 4.14. The normalized spacial score (nSPS) is 15.2. The largest absolute Gasteiger partial charge is 0.493 e. The lowest BCUT2D eigenvalue weighted by molar-refractivity contribution is -0.134. The first-order valence-electron chi connectivity index (χ1n) is 8.35. The first-order chi connectivity index (χ1) is 11.5. The summed E-state index contributed by atoms with van der Waals surface area (Å²) in [5.74, 6) is 1.18. The van der Waals surface area contributed by atoms with Gasteiger partial charge in [0.2, 0.25) is 5.91 Å². The zero-order valence-corrected chi connectivity index (χ0v) is 14.6. The van der Waals surface area contributed by atoms with Crippen LogP contribution < -0.4 is 14.8 Å². The molecular formula is C18H26N2O4. The number of likely N-dealkylation sites (tertiary alicyclic amines) is 1. The van der Waals surface area contributed by atoms with Crippen LogP contribution in [0.3, 0.4) is 0 Å². The summed E-state index contributed by atoms with van der Waals surface area (Å²) in [6.07, 6.45) is 1.55. The maximum atomic E-state index is 12.3. The predicted molar refractivity (Wildman–Crippen MR) is 91.1 cm³/mol. The zero-order chi connectivity index (χ0) is 17.5. The van der Waals surface area contributed by atoms with E-state index >= 15 is 0 Å². The van der Waals surface area contributed by atoms with Gasteiger partial charge in [-0.3, -0.25) is 9.59 Å². The minimum Gasteiger partial charge on any atom is -0.493 e. The highest BCUT2D eigenvalue weighted by atomic mass is 16.5. The van der Waals surface area contributed by atoms with Crippen molar-refractivity contribution >= 4 is 11.8 Å². The van der Waals surface area contributed by atoms with Crippen LogP contribution in [-0.4, -0.2) is 49.6 Å². The van der Waals surface area contributed by atoms with Crippen LogP contribution in [0.4, 0.5) is 0 Å². The number of hydrogen-bond donors (Lipinski definition) is 1. The molecule has 1 aliphatic rings. The predicted octanol–water partition coefficient (Wildman–Crippen LogP) is 1.84. The average molecular weight is 334 g/mol. The second-order valence-corrected chi connectivity index (χ2v) is 6.26. The number of rotatable bonds is 6. The lowest BCUT2D eigenvalue weighted by Crippen LogP contribution is -2.48. The van der Waals surface area contributed by atoms with Crippen molar-refractivity contribution in [3.63, 3.8) is 0 Å². The number of methoxy groups -OCH3 is 1. The number of amides is 2. The van der Waals surface area contributed by atoms with Crippen molar-refractivity contribution < 1.29 is 19.1 Å². The third-order valence-electron chi connectivity index (χ3n) is 4.14. The maximum Gasteiger partial charge on any atom is 0.260 e. The molecule has 1 N–H and O–H groups in total. The SMILES string of the molecule is COc1ccccc1OCC(=O)N1CCC(NC(=O)C(C)C)CC1. The summed E-state index contributed by atoms with van der Waals surface area (Å²) in [7, 11) is 1.57. The van der Waals surface area contributed by atoms with Gasteiger partial charge in [0.1, 0.15) is 0 Å². The van der Waals surface area contributed by atoms with Crippen LogP contribution in [0, 0.1) is 5.92 Å². The highest BCUT2D eigenvalue weighted by Crippen LogP contribution is 2.25. The summed E-state index contributed by atoms with van der Waals surface area (Å²) in [5.41, 5.74) is 0. The Hall–Kier alpha value is -2.24. The Bertz CT molecular complexity index is 566. The van der Waals surface area contributed by atoms with E-state index in [2.05, 4.69) is 5.32 Å². The molecule has 0 saturated carbocycles. The number of carbonyl (C=O) groups is 2. The number of nitrogens with one attached hydrogen (secondary N) is 1. The molecule has 1 saturated heterocycles. The Morgan fingerprint density at radius 3 is 2.42 bits per heavy atom. The molecule has 0 bridgehead atoms. The van der Waals surface area contributed by atoms with Gasteiger partial charge in [0.15, 0.2) is 18.1 Å². The minimum atomic E-state index is -0.0467. The van der Waals surface area contributed by atoms with Gasteiger partial charge in [-0.2, -0.15) is 0 Å². The lowest BCUT2D eigenvalue weighted by Gasteiger charge is -2.32. The van der Waals surface area contributed by atoms with E-state index in [4.69, 9.17) is 9.47 Å². The molecule has 1 aromatic carbocycles. The molecule has 0 aromatic heterocycles. The standard InChI is InChI=1S/C18H26N2O4/c1-13(2)18(22)19-14-8-10-20(11-9-14)17(21)12-24-16-7-5-4-6-15(16)23-3/h4-7,13-14H,8-12H2,1-3H3,(H,19,22). The molecular weight excluding hydrogens is 308 g/mol. The molecule has 24 heavy (non-hydrogen) atoms. The highest BCUT2D eigenvalue weighted by Gasteiger charge is 2.24. The van der Waals surface area contributed by atoms with Gasteiger partial charge in [-0.05, 0) is 25.0 Å². The Labute approximate surface area is 143 Å². The molecule has 0 aliphatic carbocycles. The van der Waals surface area contributed by atoms with Crippen LogP contribution in [0.25, 0.3) is 0 Å². The van der Waals surface area contributed by atoms with Gasteiger partial charge in [0.25, 0.3) is 5.91 Å². The van der Waals surface area contributed by atoms with E-state index in [0.29, 0.717) is 24.6 Å². The van der Waals surface area contributed by atoms with E-state index in [1.807, 2.05) is 26.0 Å². The van der Waals surface area contributed by atoms with Crippen LogP contribution in [0.2, 0.25) is 0 Å². The molecule has 132 valence electrons. The first kappa shape index (κ1) is 18.1. The Morgan fingerprint density at radius 2 is 1.83 bits per heavy atom. The maximum absolute atomic E-state index is 12.3. The van der Waals surface area contributed by atoms with E-state index < -0.39 is 0 Å². The van der Waals surface area contributed by atoms with E-state index in [-0.39, 0.29) is 30.4 Å². The van der Waals surface area contributed by atoms with Crippen LogP contribution >= 0.6 is 0 Å². The highest BCUT2D eigenvalue weighted by molar-refractivity contribution is 5.79. The molecule has 1 heterocycles. The van der Waals surface area contributed by atoms with E-state index in [0.717, 1.165) is 12.8 Å². The Kier molecular flexibility index (Phi) is 6.46. The fourth-order valence-corrected chi connectivity index (χ4v) is 2.61. The molecule has 2 amide bonds. The van der Waals surface area contributed by atoms with Gasteiger partial charge in [-0.25, -0.2) is 0 Å². The first-order valence-corrected chi connectivity index (χ1v) is 8.35. The molecule has 0 atom stereocenters. The molecule has 1 fully saturated rings. The van der Waals surface area contributed by atoms with Crippen molar-refractivity contribution in [3.8, 4) is 11.5 Å². The van der Waals surface area contributed by atoms with Gasteiger partial charge in [0, 0.05) is 25.0 Å². The molecule has 0 unspecified atom stereocenters. The van der Waals surface area contributed by atoms with E-state index in [1.54, 1.807) is 24.1 Å². The fraction of sp³-hybridized carbons (Fsp3) is 0.556. The van der Waals surface area contributed by atoms with Crippen LogP contribution in [0.1, 0.15) is 26.7 Å². The minimum absolute atomic E-state index is 0.0105. The number of benzene rings is 1. The summed E-state index contributed by atoms with van der Waals surface area (Å²) in [5, 5.41) is 3.03. The Morgan fingerprint density at radius 1 is 1.21 bits per heavy atom. The van der Waals surface area contributed by atoms with E-state index in [9.17, 15) is 9.59 Å². The van der Waals surface area contributed by atoms with Crippen LogP contribution in [0.15, 0.2) is 24.3 Å². The summed E-state index contributed by atoms with van der Waals surface area (Å²) in [4.78, 5) is 25.8. The number of hydrogen-bond acceptors (Lipinski definition) is 4. The number of ether oxygens (including phenoxy) is 2. The van der Waals surface area contributed by atoms with Crippen LogP contribution in [0.5, 0.6) is 11.5 Å². The number of para-hydroxylation sites is 2. The van der Waals surface area contributed by atoms with Crippen molar-refractivity contribution in [3.05, 3.63) is 24.3 Å². The third kappa shape index (κ3) is 4.88. The van der Waals surface area contributed by atoms with Crippen molar-refractivity contribution in [1.29, 1.82) is 0 Å². The summed E-state index contributed by atoms with van der Waals surface area (Å²) >= 11 is 0. The summed E-state index contributed by atoms with van der Waals surface area (Å²) < 4.78 is 10.8. The molecule has 6 heteroatoms. The monoisotopic (exact) mass is 334 g/mol. The van der Waals surface area contributed by atoms with Gasteiger partial charge >= 0.3 is 0 Å². The van der Waals surface area contributed by atoms with Crippen molar-refractivity contribution in [1.82, 2.24) is 10.2 Å². The number of nitrogens with zero attached hydrogens (tertiary/aromatic N) is 1.